The molecule has 0 unspecified atom stereocenters. The van der Waals surface area contributed by atoms with E-state index in [9.17, 15) is 4.79 Å². The zero-order valence-corrected chi connectivity index (χ0v) is 14.3. The number of hydrogen-bond acceptors (Lipinski definition) is 3. The molecule has 0 bridgehead atoms. The molecule has 3 rings (SSSR count). The lowest BCUT2D eigenvalue weighted by atomic mass is 10.2. The molecule has 22 heavy (non-hydrogen) atoms. The Labute approximate surface area is 141 Å². The molecule has 0 aliphatic heterocycles. The molecule has 4 nitrogen and oxygen atoms in total. The maximum Gasteiger partial charge on any atom is 0.421 e. The fraction of sp³-hybridized carbons (Fsp3) is 0.188. The van der Waals surface area contributed by atoms with Gasteiger partial charge in [-0.25, -0.2) is 4.79 Å². The molecule has 0 saturated carbocycles. The van der Waals surface area contributed by atoms with E-state index < -0.39 is 0 Å². The van der Waals surface area contributed by atoms with Gasteiger partial charge in [0.2, 0.25) is 0 Å². The van der Waals surface area contributed by atoms with Gasteiger partial charge in [0, 0.05) is 22.1 Å². The SMILES string of the molecule is CN(Cc1ccc(Br)cc1)Cn1c(=O)oc2cc(Cl)ccc21. The smallest absolute Gasteiger partial charge is 0.408 e. The first-order valence-corrected chi connectivity index (χ1v) is 7.92. The largest absolute Gasteiger partial charge is 0.421 e. The highest BCUT2D eigenvalue weighted by Crippen LogP contribution is 2.19. The molecule has 0 atom stereocenters. The second kappa shape index (κ2) is 6.28. The molecule has 1 heterocycles. The van der Waals surface area contributed by atoms with E-state index >= 15 is 0 Å². The first kappa shape index (κ1) is 15.3. The van der Waals surface area contributed by atoms with Crippen LogP contribution in [0.2, 0.25) is 5.02 Å². The summed E-state index contributed by atoms with van der Waals surface area (Å²) in [6.07, 6.45) is 0. The second-order valence-corrected chi connectivity index (χ2v) is 6.54. The number of aromatic nitrogens is 1. The summed E-state index contributed by atoms with van der Waals surface area (Å²) in [5, 5.41) is 0.552. The molecule has 0 aliphatic rings. The van der Waals surface area contributed by atoms with Gasteiger partial charge in [-0.05, 0) is 36.9 Å². The third kappa shape index (κ3) is 3.27. The monoisotopic (exact) mass is 380 g/mol. The van der Waals surface area contributed by atoms with E-state index in [0.29, 0.717) is 17.3 Å². The third-order valence-corrected chi connectivity index (χ3v) is 4.14. The molecule has 114 valence electrons. The van der Waals surface area contributed by atoms with Crippen LogP contribution in [0.1, 0.15) is 5.56 Å². The van der Waals surface area contributed by atoms with Gasteiger partial charge >= 0.3 is 5.76 Å². The van der Waals surface area contributed by atoms with Gasteiger partial charge in [-0.1, -0.05) is 39.7 Å². The highest BCUT2D eigenvalue weighted by atomic mass is 79.9. The molecule has 2 aromatic carbocycles. The van der Waals surface area contributed by atoms with Gasteiger partial charge in [-0.2, -0.15) is 0 Å². The van der Waals surface area contributed by atoms with E-state index in [1.807, 2.05) is 24.1 Å². The summed E-state index contributed by atoms with van der Waals surface area (Å²) < 4.78 is 7.89. The van der Waals surface area contributed by atoms with Gasteiger partial charge in [0.25, 0.3) is 0 Å². The quantitative estimate of drug-likeness (QED) is 0.683. The molecule has 0 fully saturated rings. The Morgan fingerprint density at radius 3 is 2.68 bits per heavy atom. The minimum Gasteiger partial charge on any atom is -0.408 e. The molecule has 0 N–H and O–H groups in total. The van der Waals surface area contributed by atoms with E-state index in [2.05, 4.69) is 28.1 Å². The van der Waals surface area contributed by atoms with Crippen molar-refractivity contribution >= 4 is 38.6 Å². The van der Waals surface area contributed by atoms with Crippen molar-refractivity contribution in [3.63, 3.8) is 0 Å². The Morgan fingerprint density at radius 2 is 1.95 bits per heavy atom. The Hall–Kier alpha value is -1.56. The van der Waals surface area contributed by atoms with Crippen LogP contribution < -0.4 is 5.76 Å². The fourth-order valence-corrected chi connectivity index (χ4v) is 2.79. The van der Waals surface area contributed by atoms with Crippen molar-refractivity contribution in [3.05, 3.63) is 68.1 Å². The van der Waals surface area contributed by atoms with Crippen LogP contribution in [0.15, 0.2) is 56.1 Å². The van der Waals surface area contributed by atoms with Crippen LogP contribution in [-0.2, 0) is 13.2 Å². The molecular weight excluding hydrogens is 368 g/mol. The summed E-state index contributed by atoms with van der Waals surface area (Å²) in [6.45, 7) is 1.18. The van der Waals surface area contributed by atoms with Gasteiger partial charge < -0.3 is 4.42 Å². The maximum atomic E-state index is 12.0. The minimum atomic E-state index is -0.375. The predicted octanol–water partition coefficient (Wildman–Crippen LogP) is 4.10. The lowest BCUT2D eigenvalue weighted by Crippen LogP contribution is -2.27. The Balaban J connectivity index is 1.82. The van der Waals surface area contributed by atoms with Crippen LogP contribution in [0.3, 0.4) is 0 Å². The van der Waals surface area contributed by atoms with Crippen LogP contribution in [0.5, 0.6) is 0 Å². The number of fused-ring (bicyclic) bond motifs is 1. The van der Waals surface area contributed by atoms with Crippen molar-refractivity contribution in [2.45, 2.75) is 13.2 Å². The number of nitrogens with zero attached hydrogens (tertiary/aromatic N) is 2. The summed E-state index contributed by atoms with van der Waals surface area (Å²) in [5.74, 6) is -0.375. The highest BCUT2D eigenvalue weighted by Gasteiger charge is 2.11. The number of hydrogen-bond donors (Lipinski definition) is 0. The molecular formula is C16H14BrClN2O2. The topological polar surface area (TPSA) is 38.4 Å². The molecule has 0 spiro atoms. The fourth-order valence-electron chi connectivity index (χ4n) is 2.37. The number of benzene rings is 2. The van der Waals surface area contributed by atoms with E-state index in [0.717, 1.165) is 16.5 Å². The van der Waals surface area contributed by atoms with Crippen molar-refractivity contribution in [1.82, 2.24) is 9.47 Å². The van der Waals surface area contributed by atoms with Crippen LogP contribution in [0.25, 0.3) is 11.1 Å². The van der Waals surface area contributed by atoms with Crippen LogP contribution in [0, 0.1) is 0 Å². The predicted molar refractivity (Wildman–Crippen MR) is 91.1 cm³/mol. The number of oxazole rings is 1. The number of halogens is 2. The summed E-state index contributed by atoms with van der Waals surface area (Å²) in [4.78, 5) is 14.1. The lowest BCUT2D eigenvalue weighted by molar-refractivity contribution is 0.253. The van der Waals surface area contributed by atoms with Crippen molar-refractivity contribution in [2.75, 3.05) is 7.05 Å². The van der Waals surface area contributed by atoms with E-state index in [4.69, 9.17) is 16.0 Å². The van der Waals surface area contributed by atoms with Crippen LogP contribution in [0.4, 0.5) is 0 Å². The molecule has 0 radical (unpaired) electrons. The second-order valence-electron chi connectivity index (χ2n) is 5.19. The molecule has 0 amide bonds. The standard InChI is InChI=1S/C16H14BrClN2O2/c1-19(9-11-2-4-12(17)5-3-11)10-20-14-7-6-13(18)8-15(14)22-16(20)21/h2-8H,9-10H2,1H3. The zero-order chi connectivity index (χ0) is 15.7. The van der Waals surface area contributed by atoms with Gasteiger partial charge in [-0.3, -0.25) is 9.47 Å². The Kier molecular flexibility index (Phi) is 4.38. The Bertz CT molecular complexity index is 855. The lowest BCUT2D eigenvalue weighted by Gasteiger charge is -2.17. The van der Waals surface area contributed by atoms with Crippen LogP contribution in [-0.4, -0.2) is 16.5 Å². The third-order valence-electron chi connectivity index (χ3n) is 3.38. The van der Waals surface area contributed by atoms with Crippen molar-refractivity contribution in [1.29, 1.82) is 0 Å². The van der Waals surface area contributed by atoms with Crippen molar-refractivity contribution < 1.29 is 4.42 Å². The zero-order valence-electron chi connectivity index (χ0n) is 11.9. The minimum absolute atomic E-state index is 0.375. The average Bonchev–Trinajstić information content (AvgIpc) is 2.77. The molecule has 3 aromatic rings. The summed E-state index contributed by atoms with van der Waals surface area (Å²) in [7, 11) is 1.96. The first-order valence-electron chi connectivity index (χ1n) is 6.75. The van der Waals surface area contributed by atoms with E-state index in [1.165, 1.54) is 5.56 Å². The average molecular weight is 382 g/mol. The normalized spacial score (nSPS) is 11.5. The summed E-state index contributed by atoms with van der Waals surface area (Å²) in [5.41, 5.74) is 2.43. The first-order chi connectivity index (χ1) is 10.5. The van der Waals surface area contributed by atoms with E-state index in [1.54, 1.807) is 22.8 Å². The maximum absolute atomic E-state index is 12.0. The van der Waals surface area contributed by atoms with Gasteiger partial charge in [-0.15, -0.1) is 0 Å². The summed E-state index contributed by atoms with van der Waals surface area (Å²) in [6, 6.07) is 13.3. The molecule has 6 heteroatoms. The highest BCUT2D eigenvalue weighted by molar-refractivity contribution is 9.10. The van der Waals surface area contributed by atoms with Gasteiger partial charge in [0.15, 0.2) is 5.58 Å². The number of rotatable bonds is 4. The molecule has 0 aliphatic carbocycles. The van der Waals surface area contributed by atoms with Crippen molar-refractivity contribution in [3.8, 4) is 0 Å². The molecule has 1 aromatic heterocycles. The van der Waals surface area contributed by atoms with E-state index in [-0.39, 0.29) is 5.76 Å². The molecule has 0 saturated heterocycles. The Morgan fingerprint density at radius 1 is 1.23 bits per heavy atom. The van der Waals surface area contributed by atoms with Crippen LogP contribution >= 0.6 is 27.5 Å². The van der Waals surface area contributed by atoms with Crippen molar-refractivity contribution in [2.24, 2.45) is 0 Å². The van der Waals surface area contributed by atoms with Gasteiger partial charge in [0.05, 0.1) is 12.2 Å². The van der Waals surface area contributed by atoms with Gasteiger partial charge in [0.1, 0.15) is 0 Å². The summed E-state index contributed by atoms with van der Waals surface area (Å²) >= 11 is 9.34.